The Bertz CT molecular complexity index is 379. The highest BCUT2D eigenvalue weighted by Gasteiger charge is 2.18. The van der Waals surface area contributed by atoms with Gasteiger partial charge in [0.1, 0.15) is 0 Å². The van der Waals surface area contributed by atoms with E-state index in [9.17, 15) is 14.4 Å². The molecule has 2 N–H and O–H groups in total. The Hall–Kier alpha value is -1.85. The highest BCUT2D eigenvalue weighted by molar-refractivity contribution is 5.93. The zero-order valence-corrected chi connectivity index (χ0v) is 11.6. The molecule has 1 heterocycles. The van der Waals surface area contributed by atoms with E-state index in [4.69, 9.17) is 5.11 Å². The number of carbonyl (C=O) groups excluding carboxylic acids is 2. The number of carbonyl (C=O) groups is 3. The van der Waals surface area contributed by atoms with Gasteiger partial charge in [0.05, 0.1) is 0 Å². The van der Waals surface area contributed by atoms with Crippen molar-refractivity contribution in [2.45, 2.75) is 38.5 Å². The largest absolute Gasteiger partial charge is 0.478 e. The molecule has 1 fully saturated rings. The maximum absolute atomic E-state index is 11.4. The molecule has 0 bridgehead atoms. The summed E-state index contributed by atoms with van der Waals surface area (Å²) >= 11 is 0. The molecule has 0 spiro atoms. The van der Waals surface area contributed by atoms with Crippen LogP contribution in [0.3, 0.4) is 0 Å². The van der Waals surface area contributed by atoms with Crippen molar-refractivity contribution >= 4 is 17.8 Å². The van der Waals surface area contributed by atoms with Crippen LogP contribution in [0.1, 0.15) is 38.5 Å². The fourth-order valence-corrected chi connectivity index (χ4v) is 2.14. The molecule has 0 aromatic carbocycles. The number of aliphatic carboxylic acids is 1. The Morgan fingerprint density at radius 1 is 1.20 bits per heavy atom. The van der Waals surface area contributed by atoms with E-state index in [0.717, 1.165) is 57.3 Å². The van der Waals surface area contributed by atoms with Gasteiger partial charge in [-0.05, 0) is 19.3 Å². The van der Waals surface area contributed by atoms with Crippen LogP contribution in [-0.2, 0) is 14.4 Å². The number of nitrogens with zero attached hydrogens (tertiary/aromatic N) is 1. The smallest absolute Gasteiger partial charge is 0.328 e. The summed E-state index contributed by atoms with van der Waals surface area (Å²) < 4.78 is 0. The standard InChI is InChI=1S/C14H22N2O4/c17-12(7-8-14(19)20)15-9-3-1-2-4-10-16-11-5-6-13(16)18/h7-8H,1-6,9-11H2,(H,15,17)(H,19,20). The Balaban J connectivity index is 1.93. The maximum atomic E-state index is 11.4. The van der Waals surface area contributed by atoms with E-state index in [0.29, 0.717) is 13.0 Å². The first-order chi connectivity index (χ1) is 9.59. The summed E-state index contributed by atoms with van der Waals surface area (Å²) in [5, 5.41) is 11.0. The van der Waals surface area contributed by atoms with Gasteiger partial charge in [-0.1, -0.05) is 12.8 Å². The molecule has 2 amide bonds. The Morgan fingerprint density at radius 3 is 2.60 bits per heavy atom. The number of likely N-dealkylation sites (tertiary alicyclic amines) is 1. The summed E-state index contributed by atoms with van der Waals surface area (Å²) in [6, 6.07) is 0. The Labute approximate surface area is 118 Å². The van der Waals surface area contributed by atoms with Crippen LogP contribution in [-0.4, -0.2) is 47.4 Å². The molecule has 0 atom stereocenters. The lowest BCUT2D eigenvalue weighted by molar-refractivity contribution is -0.131. The SMILES string of the molecule is O=C(O)C=CC(=O)NCCCCCCN1CCCC1=O. The molecular weight excluding hydrogens is 260 g/mol. The van der Waals surface area contributed by atoms with Crippen LogP contribution >= 0.6 is 0 Å². The van der Waals surface area contributed by atoms with Gasteiger partial charge in [-0.25, -0.2) is 4.79 Å². The van der Waals surface area contributed by atoms with E-state index < -0.39 is 5.97 Å². The minimum atomic E-state index is -1.13. The van der Waals surface area contributed by atoms with Gasteiger partial charge in [0.15, 0.2) is 0 Å². The first kappa shape index (κ1) is 16.2. The lowest BCUT2D eigenvalue weighted by Crippen LogP contribution is -2.25. The van der Waals surface area contributed by atoms with E-state index in [1.54, 1.807) is 0 Å². The summed E-state index contributed by atoms with van der Waals surface area (Å²) in [6.07, 6.45) is 7.39. The zero-order chi connectivity index (χ0) is 14.8. The van der Waals surface area contributed by atoms with Crippen LogP contribution < -0.4 is 5.32 Å². The van der Waals surface area contributed by atoms with Crippen molar-refractivity contribution in [1.82, 2.24) is 10.2 Å². The molecule has 6 heteroatoms. The van der Waals surface area contributed by atoms with Crippen molar-refractivity contribution in [3.8, 4) is 0 Å². The number of carboxylic acid groups (broad SMARTS) is 1. The molecule has 0 aliphatic carbocycles. The van der Waals surface area contributed by atoms with Crippen LogP contribution in [0.5, 0.6) is 0 Å². The molecule has 20 heavy (non-hydrogen) atoms. The molecule has 1 rings (SSSR count). The number of carboxylic acids is 1. The van der Waals surface area contributed by atoms with Gasteiger partial charge in [0.25, 0.3) is 0 Å². The second-order valence-corrected chi connectivity index (χ2v) is 4.86. The zero-order valence-electron chi connectivity index (χ0n) is 11.6. The molecule has 0 unspecified atom stereocenters. The fraction of sp³-hybridized carbons (Fsp3) is 0.643. The van der Waals surface area contributed by atoms with Gasteiger partial charge in [0, 0.05) is 38.2 Å². The Kier molecular flexibility index (Phi) is 7.39. The van der Waals surface area contributed by atoms with Crippen molar-refractivity contribution in [1.29, 1.82) is 0 Å². The third-order valence-electron chi connectivity index (χ3n) is 3.20. The Morgan fingerprint density at radius 2 is 1.95 bits per heavy atom. The van der Waals surface area contributed by atoms with Crippen LogP contribution in [0.2, 0.25) is 0 Å². The molecular formula is C14H22N2O4. The topological polar surface area (TPSA) is 86.7 Å². The van der Waals surface area contributed by atoms with E-state index in [1.165, 1.54) is 0 Å². The predicted octanol–water partition coefficient (Wildman–Crippen LogP) is 0.926. The lowest BCUT2D eigenvalue weighted by Gasteiger charge is -2.14. The summed E-state index contributed by atoms with van der Waals surface area (Å²) in [5.74, 6) is -1.24. The van der Waals surface area contributed by atoms with Gasteiger partial charge in [-0.2, -0.15) is 0 Å². The van der Waals surface area contributed by atoms with E-state index in [1.807, 2.05) is 4.90 Å². The molecule has 112 valence electrons. The van der Waals surface area contributed by atoms with Crippen molar-refractivity contribution in [3.05, 3.63) is 12.2 Å². The number of hydrogen-bond acceptors (Lipinski definition) is 3. The third-order valence-corrected chi connectivity index (χ3v) is 3.20. The second kappa shape index (κ2) is 9.12. The average molecular weight is 282 g/mol. The quantitative estimate of drug-likeness (QED) is 0.486. The highest BCUT2D eigenvalue weighted by Crippen LogP contribution is 2.11. The fourth-order valence-electron chi connectivity index (χ4n) is 2.14. The first-order valence-electron chi connectivity index (χ1n) is 7.06. The number of rotatable bonds is 9. The van der Waals surface area contributed by atoms with Crippen molar-refractivity contribution in [2.24, 2.45) is 0 Å². The monoisotopic (exact) mass is 282 g/mol. The van der Waals surface area contributed by atoms with Gasteiger partial charge in [-0.3, -0.25) is 9.59 Å². The predicted molar refractivity (Wildman–Crippen MR) is 74.1 cm³/mol. The molecule has 0 radical (unpaired) electrons. The summed E-state index contributed by atoms with van der Waals surface area (Å²) in [5.41, 5.74) is 0. The molecule has 0 aromatic rings. The maximum Gasteiger partial charge on any atom is 0.328 e. The minimum Gasteiger partial charge on any atom is -0.478 e. The minimum absolute atomic E-state index is 0.266. The van der Waals surface area contributed by atoms with Gasteiger partial charge in [-0.15, -0.1) is 0 Å². The molecule has 6 nitrogen and oxygen atoms in total. The van der Waals surface area contributed by atoms with Crippen LogP contribution in [0.25, 0.3) is 0 Å². The number of nitrogens with one attached hydrogen (secondary N) is 1. The van der Waals surface area contributed by atoms with E-state index in [-0.39, 0.29) is 11.8 Å². The second-order valence-electron chi connectivity index (χ2n) is 4.86. The molecule has 0 aromatic heterocycles. The highest BCUT2D eigenvalue weighted by atomic mass is 16.4. The summed E-state index contributed by atoms with van der Waals surface area (Å²) in [6.45, 7) is 2.28. The van der Waals surface area contributed by atoms with E-state index >= 15 is 0 Å². The molecule has 1 saturated heterocycles. The summed E-state index contributed by atoms with van der Waals surface area (Å²) in [4.78, 5) is 34.6. The van der Waals surface area contributed by atoms with Crippen molar-refractivity contribution in [2.75, 3.05) is 19.6 Å². The normalized spacial score (nSPS) is 15.0. The van der Waals surface area contributed by atoms with Gasteiger partial charge in [0.2, 0.25) is 11.8 Å². The third kappa shape index (κ3) is 6.92. The summed E-state index contributed by atoms with van der Waals surface area (Å²) in [7, 11) is 0. The lowest BCUT2D eigenvalue weighted by atomic mass is 10.2. The van der Waals surface area contributed by atoms with Crippen molar-refractivity contribution in [3.63, 3.8) is 0 Å². The van der Waals surface area contributed by atoms with Crippen LogP contribution in [0.4, 0.5) is 0 Å². The molecule has 1 aliphatic rings. The number of hydrogen-bond donors (Lipinski definition) is 2. The number of amides is 2. The molecule has 0 saturated carbocycles. The van der Waals surface area contributed by atoms with Crippen LogP contribution in [0.15, 0.2) is 12.2 Å². The van der Waals surface area contributed by atoms with Gasteiger partial charge < -0.3 is 15.3 Å². The average Bonchev–Trinajstić information content (AvgIpc) is 2.81. The van der Waals surface area contributed by atoms with Gasteiger partial charge >= 0.3 is 5.97 Å². The van der Waals surface area contributed by atoms with Crippen molar-refractivity contribution < 1.29 is 19.5 Å². The first-order valence-corrected chi connectivity index (χ1v) is 7.06. The molecule has 1 aliphatic heterocycles. The number of unbranched alkanes of at least 4 members (excludes halogenated alkanes) is 3. The van der Waals surface area contributed by atoms with E-state index in [2.05, 4.69) is 5.32 Å². The van der Waals surface area contributed by atoms with Crippen LogP contribution in [0, 0.1) is 0 Å².